The first kappa shape index (κ1) is 25.0. The van der Waals surface area contributed by atoms with Gasteiger partial charge in [-0.25, -0.2) is 18.0 Å². The number of rotatable bonds is 9. The number of carbonyl (C=O) groups is 3. The highest BCUT2D eigenvalue weighted by Gasteiger charge is 2.37. The lowest BCUT2D eigenvalue weighted by atomic mass is 9.99. The summed E-state index contributed by atoms with van der Waals surface area (Å²) in [6.45, 7) is 3.79. The van der Waals surface area contributed by atoms with Gasteiger partial charge >= 0.3 is 5.97 Å². The van der Waals surface area contributed by atoms with Crippen molar-refractivity contribution in [2.24, 2.45) is 11.7 Å². The molecule has 4 N–H and O–H groups in total. The Bertz CT molecular complexity index is 842. The molecule has 1 fully saturated rings. The first-order chi connectivity index (χ1) is 14.5. The molecule has 0 spiro atoms. The van der Waals surface area contributed by atoms with E-state index in [1.54, 1.807) is 6.92 Å². The molecule has 0 aromatic heterocycles. The number of hydrogen-bond acceptors (Lipinski definition) is 5. The van der Waals surface area contributed by atoms with E-state index in [4.69, 9.17) is 5.73 Å². The third-order valence-electron chi connectivity index (χ3n) is 5.22. The molecule has 1 aromatic rings. The van der Waals surface area contributed by atoms with Crippen molar-refractivity contribution in [3.8, 4) is 0 Å². The van der Waals surface area contributed by atoms with Gasteiger partial charge in [-0.1, -0.05) is 20.3 Å². The largest absolute Gasteiger partial charge is 0.480 e. The van der Waals surface area contributed by atoms with Crippen LogP contribution >= 0.6 is 11.8 Å². The molecule has 0 radical (unpaired) electrons. The summed E-state index contributed by atoms with van der Waals surface area (Å²) >= 11 is 1.21. The van der Waals surface area contributed by atoms with Gasteiger partial charge in [0.15, 0.2) is 17.0 Å². The SMILES string of the molecule is CC[C@H](C)C(NC(=O)C1SCCN1C(=O)C[C@H](N)Cc1cc(F)c(F)cc1F)C(=O)O. The van der Waals surface area contributed by atoms with Gasteiger partial charge in [-0.2, -0.15) is 0 Å². The molecular formula is C20H26F3N3O4S. The summed E-state index contributed by atoms with van der Waals surface area (Å²) in [5.74, 6) is -5.49. The van der Waals surface area contributed by atoms with Crippen molar-refractivity contribution in [2.45, 2.75) is 50.6 Å². The number of thioether (sulfide) groups is 1. The second-order valence-electron chi connectivity index (χ2n) is 7.55. The molecule has 11 heteroatoms. The fraction of sp³-hybridized carbons (Fsp3) is 0.550. The second kappa shape index (κ2) is 10.9. The molecule has 1 heterocycles. The van der Waals surface area contributed by atoms with Crippen LogP contribution in [0.3, 0.4) is 0 Å². The lowest BCUT2D eigenvalue weighted by Crippen LogP contribution is -2.52. The fourth-order valence-electron chi connectivity index (χ4n) is 3.27. The zero-order chi connectivity index (χ0) is 23.3. The van der Waals surface area contributed by atoms with Crippen molar-refractivity contribution >= 4 is 29.5 Å². The van der Waals surface area contributed by atoms with Crippen LogP contribution in [0.5, 0.6) is 0 Å². The quantitative estimate of drug-likeness (QED) is 0.484. The third kappa shape index (κ3) is 6.36. The first-order valence-corrected chi connectivity index (χ1v) is 10.9. The summed E-state index contributed by atoms with van der Waals surface area (Å²) in [7, 11) is 0. The van der Waals surface area contributed by atoms with E-state index in [-0.39, 0.29) is 30.9 Å². The fourth-order valence-corrected chi connectivity index (χ4v) is 4.41. The summed E-state index contributed by atoms with van der Waals surface area (Å²) in [6.07, 6.45) is 0.116. The number of carboxylic acid groups (broad SMARTS) is 1. The Hall–Kier alpha value is -2.27. The average molecular weight is 462 g/mol. The number of carboxylic acids is 1. The van der Waals surface area contributed by atoms with Crippen LogP contribution in [0.25, 0.3) is 0 Å². The molecule has 0 saturated carbocycles. The molecule has 2 amide bonds. The van der Waals surface area contributed by atoms with E-state index < -0.39 is 52.7 Å². The van der Waals surface area contributed by atoms with Gasteiger partial charge in [-0.3, -0.25) is 9.59 Å². The molecule has 1 saturated heterocycles. The van der Waals surface area contributed by atoms with Gasteiger partial charge in [0.2, 0.25) is 5.91 Å². The predicted molar refractivity (Wildman–Crippen MR) is 110 cm³/mol. The predicted octanol–water partition coefficient (Wildman–Crippen LogP) is 1.88. The van der Waals surface area contributed by atoms with Crippen LogP contribution in [0, 0.1) is 23.4 Å². The molecule has 7 nitrogen and oxygen atoms in total. The third-order valence-corrected chi connectivity index (χ3v) is 6.42. The minimum Gasteiger partial charge on any atom is -0.480 e. The van der Waals surface area contributed by atoms with E-state index in [9.17, 15) is 32.7 Å². The van der Waals surface area contributed by atoms with E-state index in [0.29, 0.717) is 24.3 Å². The maximum absolute atomic E-state index is 13.8. The van der Waals surface area contributed by atoms with Gasteiger partial charge in [0.05, 0.1) is 0 Å². The van der Waals surface area contributed by atoms with Crippen molar-refractivity contribution in [2.75, 3.05) is 12.3 Å². The zero-order valence-corrected chi connectivity index (χ0v) is 18.1. The number of nitrogens with one attached hydrogen (secondary N) is 1. The van der Waals surface area contributed by atoms with Gasteiger partial charge in [0, 0.05) is 30.8 Å². The van der Waals surface area contributed by atoms with E-state index >= 15 is 0 Å². The number of nitrogens with two attached hydrogens (primary N) is 1. The molecule has 172 valence electrons. The minimum absolute atomic E-state index is 0.151. The summed E-state index contributed by atoms with van der Waals surface area (Å²) in [6, 6.07) is -0.826. The van der Waals surface area contributed by atoms with Crippen LogP contribution in [0.2, 0.25) is 0 Å². The Kier molecular flexibility index (Phi) is 8.75. The van der Waals surface area contributed by atoms with E-state index in [0.717, 1.165) is 0 Å². The topological polar surface area (TPSA) is 113 Å². The minimum atomic E-state index is -1.31. The molecule has 0 aliphatic carbocycles. The molecule has 0 bridgehead atoms. The normalized spacial score (nSPS) is 19.0. The van der Waals surface area contributed by atoms with Crippen molar-refractivity contribution in [3.63, 3.8) is 0 Å². The second-order valence-corrected chi connectivity index (χ2v) is 8.73. The smallest absolute Gasteiger partial charge is 0.326 e. The molecule has 1 aromatic carbocycles. The lowest BCUT2D eigenvalue weighted by molar-refractivity contribution is -0.144. The molecule has 1 aliphatic rings. The molecule has 31 heavy (non-hydrogen) atoms. The number of hydrogen-bond donors (Lipinski definition) is 3. The first-order valence-electron chi connectivity index (χ1n) is 9.88. The van der Waals surface area contributed by atoms with Gasteiger partial charge in [0.25, 0.3) is 5.91 Å². The number of nitrogens with zero attached hydrogens (tertiary/aromatic N) is 1. The highest BCUT2D eigenvalue weighted by Crippen LogP contribution is 2.26. The van der Waals surface area contributed by atoms with Crippen LogP contribution < -0.4 is 11.1 Å². The van der Waals surface area contributed by atoms with Gasteiger partial charge in [0.1, 0.15) is 11.9 Å². The highest BCUT2D eigenvalue weighted by molar-refractivity contribution is 8.00. The molecule has 2 unspecified atom stereocenters. The summed E-state index contributed by atoms with van der Waals surface area (Å²) in [5.41, 5.74) is 5.76. The van der Waals surface area contributed by atoms with Crippen LogP contribution in [-0.4, -0.2) is 57.5 Å². The van der Waals surface area contributed by atoms with Gasteiger partial charge < -0.3 is 21.1 Å². The Morgan fingerprint density at radius 3 is 2.52 bits per heavy atom. The molecular weight excluding hydrogens is 435 g/mol. The van der Waals surface area contributed by atoms with Crippen LogP contribution in [0.1, 0.15) is 32.3 Å². The summed E-state index contributed by atoms with van der Waals surface area (Å²) < 4.78 is 40.2. The number of benzene rings is 1. The van der Waals surface area contributed by atoms with Crippen LogP contribution in [-0.2, 0) is 20.8 Å². The number of amides is 2. The molecule has 4 atom stereocenters. The monoisotopic (exact) mass is 461 g/mol. The van der Waals surface area contributed by atoms with Crippen molar-refractivity contribution in [1.82, 2.24) is 10.2 Å². The van der Waals surface area contributed by atoms with Crippen molar-refractivity contribution in [3.05, 3.63) is 35.1 Å². The standard InChI is InChI=1S/C20H26F3N3O4S/c1-3-10(2)17(20(29)30)25-18(28)19-26(4-5-31-19)16(27)8-12(24)6-11-7-14(22)15(23)9-13(11)21/h7,9-10,12,17,19H,3-6,8,24H2,1-2H3,(H,25,28)(H,29,30)/t10-,12+,17?,19?/m0/s1. The van der Waals surface area contributed by atoms with Gasteiger partial charge in [-0.05, 0) is 24.0 Å². The van der Waals surface area contributed by atoms with Gasteiger partial charge in [-0.15, -0.1) is 11.8 Å². The maximum atomic E-state index is 13.8. The number of carbonyl (C=O) groups excluding carboxylic acids is 2. The Morgan fingerprint density at radius 1 is 1.26 bits per heavy atom. The van der Waals surface area contributed by atoms with E-state index in [1.165, 1.54) is 16.7 Å². The Labute approximate surface area is 182 Å². The van der Waals surface area contributed by atoms with Crippen molar-refractivity contribution in [1.29, 1.82) is 0 Å². The lowest BCUT2D eigenvalue weighted by Gasteiger charge is -2.27. The molecule has 2 rings (SSSR count). The van der Waals surface area contributed by atoms with Crippen LogP contribution in [0.4, 0.5) is 13.2 Å². The van der Waals surface area contributed by atoms with Crippen molar-refractivity contribution < 1.29 is 32.7 Å². The highest BCUT2D eigenvalue weighted by atomic mass is 32.2. The number of halogens is 3. The average Bonchev–Trinajstić information content (AvgIpc) is 3.19. The van der Waals surface area contributed by atoms with E-state index in [1.807, 2.05) is 6.92 Å². The number of aliphatic carboxylic acids is 1. The Morgan fingerprint density at radius 2 is 1.90 bits per heavy atom. The summed E-state index contributed by atoms with van der Waals surface area (Å²) in [5, 5.41) is 11.0. The maximum Gasteiger partial charge on any atom is 0.326 e. The van der Waals surface area contributed by atoms with E-state index in [2.05, 4.69) is 5.32 Å². The molecule has 1 aliphatic heterocycles. The summed E-state index contributed by atoms with van der Waals surface area (Å²) in [4.78, 5) is 38.1. The Balaban J connectivity index is 2.01. The van der Waals surface area contributed by atoms with Crippen LogP contribution in [0.15, 0.2) is 12.1 Å². The zero-order valence-electron chi connectivity index (χ0n) is 17.2.